The van der Waals surface area contributed by atoms with Crippen molar-refractivity contribution in [3.63, 3.8) is 0 Å². The Morgan fingerprint density at radius 3 is 2.54 bits per heavy atom. The van der Waals surface area contributed by atoms with Crippen LogP contribution in [0.4, 0.5) is 13.2 Å². The molecule has 1 nitrogen and oxygen atoms in total. The highest BCUT2D eigenvalue weighted by Gasteiger charge is 2.17. The fourth-order valence-electron chi connectivity index (χ4n) is 0.767. The van der Waals surface area contributed by atoms with Crippen LogP contribution in [0.25, 0.3) is 0 Å². The van der Waals surface area contributed by atoms with E-state index < -0.39 is 17.9 Å². The number of pyridine rings is 1. The van der Waals surface area contributed by atoms with Crippen molar-refractivity contribution in [3.05, 3.63) is 27.7 Å². The first kappa shape index (κ1) is 11.0. The monoisotopic (exact) mass is 317 g/mol. The maximum Gasteiger partial charge on any atom is 0.283 e. The molecule has 0 radical (unpaired) electrons. The highest BCUT2D eigenvalue weighted by Crippen LogP contribution is 2.25. The molecule has 0 aliphatic heterocycles. The van der Waals surface area contributed by atoms with Gasteiger partial charge in [-0.2, -0.15) is 0 Å². The second-order valence-electron chi connectivity index (χ2n) is 2.22. The van der Waals surface area contributed by atoms with Crippen molar-refractivity contribution in [2.45, 2.75) is 11.8 Å². The van der Waals surface area contributed by atoms with Crippen LogP contribution in [0.5, 0.6) is 0 Å². The molecule has 0 saturated heterocycles. The molecular formula is C7H4Br2F3N. The number of hydrogen-bond acceptors (Lipinski definition) is 1. The molecule has 0 atom stereocenters. The van der Waals surface area contributed by atoms with Gasteiger partial charge in [-0.1, -0.05) is 15.9 Å². The van der Waals surface area contributed by atoms with E-state index in [1.165, 1.54) is 0 Å². The molecular weight excluding hydrogens is 315 g/mol. The van der Waals surface area contributed by atoms with Crippen molar-refractivity contribution in [2.24, 2.45) is 0 Å². The maximum absolute atomic E-state index is 12.8. The third-order valence-corrected chi connectivity index (χ3v) is 2.58. The van der Waals surface area contributed by atoms with Crippen molar-refractivity contribution >= 4 is 31.9 Å². The Morgan fingerprint density at radius 2 is 2.08 bits per heavy atom. The van der Waals surface area contributed by atoms with Crippen LogP contribution in [0, 0.1) is 5.82 Å². The summed E-state index contributed by atoms with van der Waals surface area (Å²) in [6.07, 6.45) is -2.88. The molecule has 0 saturated carbocycles. The van der Waals surface area contributed by atoms with E-state index in [1.807, 2.05) is 0 Å². The average Bonchev–Trinajstić information content (AvgIpc) is 2.03. The van der Waals surface area contributed by atoms with Crippen LogP contribution < -0.4 is 0 Å². The summed E-state index contributed by atoms with van der Waals surface area (Å²) in [4.78, 5) is 3.47. The summed E-state index contributed by atoms with van der Waals surface area (Å²) in [5.41, 5.74) is -0.450. The Hall–Kier alpha value is -0.100. The number of hydrogen-bond donors (Lipinski definition) is 0. The Labute approximate surface area is 89.6 Å². The van der Waals surface area contributed by atoms with Gasteiger partial charge in [0.15, 0.2) is 5.82 Å². The van der Waals surface area contributed by atoms with Gasteiger partial charge in [0, 0.05) is 9.80 Å². The number of alkyl halides is 3. The highest BCUT2D eigenvalue weighted by atomic mass is 79.9. The van der Waals surface area contributed by atoms with E-state index in [9.17, 15) is 13.2 Å². The summed E-state index contributed by atoms with van der Waals surface area (Å²) < 4.78 is 37.5. The van der Waals surface area contributed by atoms with E-state index in [-0.39, 0.29) is 0 Å². The van der Waals surface area contributed by atoms with E-state index in [1.54, 1.807) is 0 Å². The van der Waals surface area contributed by atoms with Gasteiger partial charge in [-0.3, -0.25) is 0 Å². The van der Waals surface area contributed by atoms with Gasteiger partial charge in [0.05, 0.1) is 5.69 Å². The minimum absolute atomic E-state index is 0.299. The van der Waals surface area contributed by atoms with Crippen LogP contribution in [0.3, 0.4) is 0 Å². The normalized spacial score (nSPS) is 10.9. The SMILES string of the molecule is Fc1cc(Br)c(CBr)nc1C(F)F. The minimum atomic E-state index is -2.88. The fraction of sp³-hybridized carbons (Fsp3) is 0.286. The summed E-state index contributed by atoms with van der Waals surface area (Å²) in [7, 11) is 0. The van der Waals surface area contributed by atoms with Crippen molar-refractivity contribution in [2.75, 3.05) is 0 Å². The molecule has 0 bridgehead atoms. The first-order valence-electron chi connectivity index (χ1n) is 3.25. The lowest BCUT2D eigenvalue weighted by Crippen LogP contribution is -1.99. The van der Waals surface area contributed by atoms with Crippen molar-refractivity contribution in [1.82, 2.24) is 4.98 Å². The van der Waals surface area contributed by atoms with Gasteiger partial charge in [-0.05, 0) is 22.0 Å². The van der Waals surface area contributed by atoms with Gasteiger partial charge in [0.2, 0.25) is 0 Å². The predicted molar refractivity (Wildman–Crippen MR) is 49.5 cm³/mol. The lowest BCUT2D eigenvalue weighted by molar-refractivity contribution is 0.140. The average molecular weight is 319 g/mol. The summed E-state index contributed by atoms with van der Waals surface area (Å²) in [5, 5.41) is 0.299. The van der Waals surface area contributed by atoms with Gasteiger partial charge in [0.1, 0.15) is 5.69 Å². The molecule has 0 unspecified atom stereocenters. The van der Waals surface area contributed by atoms with E-state index in [0.29, 0.717) is 15.5 Å². The zero-order chi connectivity index (χ0) is 10.0. The number of halogens is 5. The van der Waals surface area contributed by atoms with Gasteiger partial charge in [-0.15, -0.1) is 0 Å². The fourth-order valence-corrected chi connectivity index (χ4v) is 2.00. The number of aromatic nitrogens is 1. The van der Waals surface area contributed by atoms with Crippen LogP contribution in [0.1, 0.15) is 17.8 Å². The second kappa shape index (κ2) is 4.41. The number of nitrogens with zero attached hydrogens (tertiary/aromatic N) is 1. The molecule has 0 spiro atoms. The zero-order valence-corrected chi connectivity index (χ0v) is 9.37. The smallest absolute Gasteiger partial charge is 0.247 e. The first-order chi connectivity index (χ1) is 6.06. The molecule has 0 amide bonds. The molecule has 0 aliphatic rings. The molecule has 0 N–H and O–H groups in total. The molecule has 0 aromatic carbocycles. The van der Waals surface area contributed by atoms with Gasteiger partial charge < -0.3 is 0 Å². The van der Waals surface area contributed by atoms with Crippen LogP contribution in [0.15, 0.2) is 10.5 Å². The molecule has 13 heavy (non-hydrogen) atoms. The van der Waals surface area contributed by atoms with Crippen LogP contribution in [-0.2, 0) is 5.33 Å². The van der Waals surface area contributed by atoms with Crippen molar-refractivity contribution in [3.8, 4) is 0 Å². The van der Waals surface area contributed by atoms with Crippen LogP contribution in [0.2, 0.25) is 0 Å². The van der Waals surface area contributed by atoms with Crippen LogP contribution >= 0.6 is 31.9 Å². The Morgan fingerprint density at radius 1 is 1.46 bits per heavy atom. The van der Waals surface area contributed by atoms with Gasteiger partial charge in [-0.25, -0.2) is 18.2 Å². The third-order valence-electron chi connectivity index (χ3n) is 1.36. The lowest BCUT2D eigenvalue weighted by Gasteiger charge is -2.04. The van der Waals surface area contributed by atoms with Crippen LogP contribution in [-0.4, -0.2) is 4.98 Å². The summed E-state index contributed by atoms with van der Waals surface area (Å²) >= 11 is 6.07. The highest BCUT2D eigenvalue weighted by molar-refractivity contribution is 9.10. The predicted octanol–water partition coefficient (Wildman–Crippen LogP) is 3.82. The topological polar surface area (TPSA) is 12.9 Å². The van der Waals surface area contributed by atoms with Crippen molar-refractivity contribution in [1.29, 1.82) is 0 Å². The molecule has 1 heterocycles. The van der Waals surface area contributed by atoms with E-state index in [2.05, 4.69) is 36.8 Å². The number of rotatable bonds is 2. The molecule has 1 aromatic rings. The Kier molecular flexibility index (Phi) is 3.73. The van der Waals surface area contributed by atoms with Crippen molar-refractivity contribution < 1.29 is 13.2 Å². The summed E-state index contributed by atoms with van der Waals surface area (Å²) in [5.74, 6) is -0.994. The quantitative estimate of drug-likeness (QED) is 0.756. The second-order valence-corrected chi connectivity index (χ2v) is 3.63. The summed E-state index contributed by atoms with van der Waals surface area (Å²) in [6.45, 7) is 0. The van der Waals surface area contributed by atoms with Gasteiger partial charge in [0.25, 0.3) is 6.43 Å². The largest absolute Gasteiger partial charge is 0.283 e. The van der Waals surface area contributed by atoms with E-state index >= 15 is 0 Å². The molecule has 6 heteroatoms. The molecule has 0 aliphatic carbocycles. The standard InChI is InChI=1S/C7H4Br2F3N/c8-2-5-3(9)1-4(10)6(13-5)7(11)12/h1,7H,2H2. The lowest BCUT2D eigenvalue weighted by atomic mass is 10.3. The molecule has 72 valence electrons. The first-order valence-corrected chi connectivity index (χ1v) is 5.16. The Bertz CT molecular complexity index is 317. The minimum Gasteiger partial charge on any atom is -0.247 e. The third kappa shape index (κ3) is 2.43. The van der Waals surface area contributed by atoms with E-state index in [4.69, 9.17) is 0 Å². The summed E-state index contributed by atoms with van der Waals surface area (Å²) in [6, 6.07) is 0.991. The van der Waals surface area contributed by atoms with E-state index in [0.717, 1.165) is 6.07 Å². The van der Waals surface area contributed by atoms with Gasteiger partial charge >= 0.3 is 0 Å². The Balaban J connectivity index is 3.22. The zero-order valence-electron chi connectivity index (χ0n) is 6.20. The molecule has 1 aromatic heterocycles. The maximum atomic E-state index is 12.8. The molecule has 0 fully saturated rings. The molecule has 1 rings (SSSR count).